The zero-order chi connectivity index (χ0) is 9.97. The van der Waals surface area contributed by atoms with Crippen LogP contribution in [-0.4, -0.2) is 22.5 Å². The van der Waals surface area contributed by atoms with Crippen molar-refractivity contribution in [1.29, 1.82) is 0 Å². The molecule has 72 valence electrons. The molecule has 0 amide bonds. The van der Waals surface area contributed by atoms with Crippen LogP contribution in [0, 0.1) is 0 Å². The van der Waals surface area contributed by atoms with Gasteiger partial charge in [0.25, 0.3) is 0 Å². The van der Waals surface area contributed by atoms with Gasteiger partial charge in [0, 0.05) is 18.4 Å². The van der Waals surface area contributed by atoms with E-state index in [0.717, 1.165) is 17.8 Å². The number of carboxylic acid groups (broad SMARTS) is 1. The predicted molar refractivity (Wildman–Crippen MR) is 53.4 cm³/mol. The molecule has 3 nitrogen and oxygen atoms in total. The largest absolute Gasteiger partial charge is 0.481 e. The van der Waals surface area contributed by atoms with Crippen LogP contribution in [0.3, 0.4) is 0 Å². The molecule has 0 bridgehead atoms. The van der Waals surface area contributed by atoms with E-state index < -0.39 is 5.97 Å². The summed E-state index contributed by atoms with van der Waals surface area (Å²) in [4.78, 5) is 12.7. The number of carbonyl (C=O) groups is 1. The second kappa shape index (κ2) is 3.54. The lowest BCUT2D eigenvalue weighted by atomic mass is 10.0. The second-order valence-electron chi connectivity index (χ2n) is 3.24. The zero-order valence-corrected chi connectivity index (χ0v) is 7.68. The van der Waals surface area contributed by atoms with Crippen molar-refractivity contribution in [3.63, 3.8) is 0 Å². The number of hydrogen-bond donors (Lipinski definition) is 1. The van der Waals surface area contributed by atoms with Crippen molar-refractivity contribution in [2.75, 3.05) is 6.54 Å². The molecule has 14 heavy (non-hydrogen) atoms. The first-order chi connectivity index (χ1) is 6.77. The van der Waals surface area contributed by atoms with E-state index in [0.29, 0.717) is 0 Å². The summed E-state index contributed by atoms with van der Waals surface area (Å²) in [5, 5.41) is 8.73. The van der Waals surface area contributed by atoms with E-state index in [1.165, 1.54) is 0 Å². The summed E-state index contributed by atoms with van der Waals surface area (Å²) in [7, 11) is 0. The standard InChI is InChI=1S/C11H11NO2/c13-11(14)8-9-4-3-7-12-6-2-1-5-10(9)12/h1-5,7H,6,8H2,(H,13,14). The third-order valence-corrected chi connectivity index (χ3v) is 2.24. The molecule has 0 fully saturated rings. The Hall–Kier alpha value is -1.77. The van der Waals surface area contributed by atoms with Crippen molar-refractivity contribution >= 4 is 5.97 Å². The van der Waals surface area contributed by atoms with Crippen LogP contribution in [0.1, 0.15) is 6.42 Å². The lowest BCUT2D eigenvalue weighted by Crippen LogP contribution is -2.22. The highest BCUT2D eigenvalue weighted by Gasteiger charge is 2.17. The first-order valence-electron chi connectivity index (χ1n) is 4.50. The maximum absolute atomic E-state index is 10.6. The third-order valence-electron chi connectivity index (χ3n) is 2.24. The summed E-state index contributed by atoms with van der Waals surface area (Å²) in [6, 6.07) is 0. The molecule has 0 aromatic heterocycles. The van der Waals surface area contributed by atoms with Gasteiger partial charge < -0.3 is 10.0 Å². The molecule has 0 atom stereocenters. The van der Waals surface area contributed by atoms with Crippen LogP contribution in [0.4, 0.5) is 0 Å². The number of carboxylic acids is 1. The van der Waals surface area contributed by atoms with Crippen LogP contribution >= 0.6 is 0 Å². The molecule has 0 unspecified atom stereocenters. The van der Waals surface area contributed by atoms with Gasteiger partial charge in [-0.3, -0.25) is 4.79 Å². The van der Waals surface area contributed by atoms with E-state index in [-0.39, 0.29) is 6.42 Å². The van der Waals surface area contributed by atoms with Crippen LogP contribution in [-0.2, 0) is 4.79 Å². The van der Waals surface area contributed by atoms with Gasteiger partial charge in [0.15, 0.2) is 0 Å². The average molecular weight is 189 g/mol. The van der Waals surface area contributed by atoms with Gasteiger partial charge in [-0.2, -0.15) is 0 Å². The summed E-state index contributed by atoms with van der Waals surface area (Å²) in [6.07, 6.45) is 11.7. The number of hydrogen-bond acceptors (Lipinski definition) is 2. The van der Waals surface area contributed by atoms with Crippen LogP contribution in [0.5, 0.6) is 0 Å². The SMILES string of the molecule is O=C(O)CC1=CC=CN2CC=CC=C12. The highest BCUT2D eigenvalue weighted by molar-refractivity contribution is 5.72. The van der Waals surface area contributed by atoms with Crippen LogP contribution in [0.2, 0.25) is 0 Å². The average Bonchev–Trinajstić information content (AvgIpc) is 2.18. The molecule has 2 rings (SSSR count). The fraction of sp³-hybridized carbons (Fsp3) is 0.182. The smallest absolute Gasteiger partial charge is 0.307 e. The molecule has 0 spiro atoms. The minimum Gasteiger partial charge on any atom is -0.481 e. The molecule has 3 heteroatoms. The number of aliphatic carboxylic acids is 1. The van der Waals surface area contributed by atoms with Gasteiger partial charge >= 0.3 is 5.97 Å². The number of nitrogens with zero attached hydrogens (tertiary/aromatic N) is 1. The summed E-state index contributed by atoms with van der Waals surface area (Å²) in [6.45, 7) is 0.819. The summed E-state index contributed by atoms with van der Waals surface area (Å²) < 4.78 is 0. The fourth-order valence-electron chi connectivity index (χ4n) is 1.62. The first kappa shape index (κ1) is 8.81. The molecule has 0 aromatic rings. The molecular weight excluding hydrogens is 178 g/mol. The van der Waals surface area contributed by atoms with Crippen molar-refractivity contribution in [3.8, 4) is 0 Å². The monoisotopic (exact) mass is 189 g/mol. The van der Waals surface area contributed by atoms with E-state index in [2.05, 4.69) is 0 Å². The first-order valence-corrected chi connectivity index (χ1v) is 4.50. The quantitative estimate of drug-likeness (QED) is 0.718. The van der Waals surface area contributed by atoms with Gasteiger partial charge in [0.2, 0.25) is 0 Å². The van der Waals surface area contributed by atoms with E-state index in [1.807, 2.05) is 41.5 Å². The summed E-state index contributed by atoms with van der Waals surface area (Å²) >= 11 is 0. The Morgan fingerprint density at radius 2 is 2.29 bits per heavy atom. The van der Waals surface area contributed by atoms with Gasteiger partial charge in [-0.1, -0.05) is 18.2 Å². The fourth-order valence-corrected chi connectivity index (χ4v) is 1.62. The zero-order valence-electron chi connectivity index (χ0n) is 7.68. The molecule has 1 N–H and O–H groups in total. The Balaban J connectivity index is 2.26. The number of allylic oxidation sites excluding steroid dienone is 5. The summed E-state index contributed by atoms with van der Waals surface area (Å²) in [5.74, 6) is -0.790. The lowest BCUT2D eigenvalue weighted by Gasteiger charge is -2.28. The van der Waals surface area contributed by atoms with Gasteiger partial charge in [-0.15, -0.1) is 0 Å². The van der Waals surface area contributed by atoms with E-state index in [4.69, 9.17) is 5.11 Å². The van der Waals surface area contributed by atoms with E-state index >= 15 is 0 Å². The van der Waals surface area contributed by atoms with E-state index in [9.17, 15) is 4.79 Å². The number of fused-ring (bicyclic) bond motifs is 1. The van der Waals surface area contributed by atoms with Gasteiger partial charge in [0.1, 0.15) is 0 Å². The predicted octanol–water partition coefficient (Wildman–Crippen LogP) is 1.67. The maximum Gasteiger partial charge on any atom is 0.307 e. The number of rotatable bonds is 2. The Bertz CT molecular complexity index is 375. The maximum atomic E-state index is 10.6. The molecule has 0 saturated heterocycles. The Kier molecular flexibility index (Phi) is 2.23. The van der Waals surface area contributed by atoms with Gasteiger partial charge in [0.05, 0.1) is 6.42 Å². The van der Waals surface area contributed by atoms with Gasteiger partial charge in [-0.05, 0) is 17.7 Å². The Morgan fingerprint density at radius 1 is 1.43 bits per heavy atom. The lowest BCUT2D eigenvalue weighted by molar-refractivity contribution is -0.136. The molecule has 0 saturated carbocycles. The highest BCUT2D eigenvalue weighted by Crippen LogP contribution is 2.25. The molecule has 2 aliphatic rings. The van der Waals surface area contributed by atoms with Crippen LogP contribution in [0.15, 0.2) is 47.9 Å². The molecule has 2 heterocycles. The topological polar surface area (TPSA) is 40.5 Å². The minimum absolute atomic E-state index is 0.0838. The van der Waals surface area contributed by atoms with Crippen molar-refractivity contribution in [2.45, 2.75) is 6.42 Å². The third kappa shape index (κ3) is 1.62. The van der Waals surface area contributed by atoms with Crippen molar-refractivity contribution in [2.24, 2.45) is 0 Å². The Morgan fingerprint density at radius 3 is 3.07 bits per heavy atom. The van der Waals surface area contributed by atoms with Crippen molar-refractivity contribution < 1.29 is 9.90 Å². The van der Waals surface area contributed by atoms with Crippen LogP contribution < -0.4 is 0 Å². The molecule has 0 radical (unpaired) electrons. The van der Waals surface area contributed by atoms with Crippen molar-refractivity contribution in [3.05, 3.63) is 47.9 Å². The Labute approximate surface area is 82.3 Å². The molecular formula is C11H11NO2. The second-order valence-corrected chi connectivity index (χ2v) is 3.24. The molecule has 0 aliphatic carbocycles. The van der Waals surface area contributed by atoms with E-state index in [1.54, 1.807) is 0 Å². The summed E-state index contributed by atoms with van der Waals surface area (Å²) in [5.41, 5.74) is 1.86. The van der Waals surface area contributed by atoms with Crippen LogP contribution in [0.25, 0.3) is 0 Å². The molecule has 0 aromatic carbocycles. The normalized spacial score (nSPS) is 18.7. The van der Waals surface area contributed by atoms with Gasteiger partial charge in [-0.25, -0.2) is 0 Å². The highest BCUT2D eigenvalue weighted by atomic mass is 16.4. The molecule has 2 aliphatic heterocycles. The minimum atomic E-state index is -0.790. The van der Waals surface area contributed by atoms with Crippen molar-refractivity contribution in [1.82, 2.24) is 4.90 Å².